The van der Waals surface area contributed by atoms with Gasteiger partial charge in [0, 0.05) is 17.0 Å². The van der Waals surface area contributed by atoms with E-state index in [1.54, 1.807) is 11.8 Å². The molecule has 0 aliphatic heterocycles. The summed E-state index contributed by atoms with van der Waals surface area (Å²) >= 11 is 1.75. The second-order valence-electron chi connectivity index (χ2n) is 4.62. The van der Waals surface area contributed by atoms with Crippen LogP contribution in [0.5, 0.6) is 0 Å². The molecule has 0 spiro atoms. The van der Waals surface area contributed by atoms with E-state index in [1.165, 1.54) is 11.1 Å². The van der Waals surface area contributed by atoms with Gasteiger partial charge in [-0.1, -0.05) is 24.0 Å². The van der Waals surface area contributed by atoms with E-state index in [4.69, 9.17) is 5.73 Å². The Balaban J connectivity index is 2.07. The number of thioether (sulfide) groups is 1. The average Bonchev–Trinajstić information content (AvgIpc) is 2.42. The second kappa shape index (κ2) is 7.14. The van der Waals surface area contributed by atoms with Crippen molar-refractivity contribution in [1.82, 2.24) is 4.98 Å². The minimum atomic E-state index is 0.394. The molecule has 2 aromatic rings. The Morgan fingerprint density at radius 3 is 2.80 bits per heavy atom. The lowest BCUT2D eigenvalue weighted by atomic mass is 10.1. The third-order valence-corrected chi connectivity index (χ3v) is 3.71. The van der Waals surface area contributed by atoms with Crippen LogP contribution in [0.4, 0.5) is 0 Å². The zero-order valence-corrected chi connectivity index (χ0v) is 12.6. The topological polar surface area (TPSA) is 38.9 Å². The van der Waals surface area contributed by atoms with Gasteiger partial charge in [-0.2, -0.15) is 0 Å². The van der Waals surface area contributed by atoms with Crippen LogP contribution in [-0.2, 0) is 5.75 Å². The molecule has 0 radical (unpaired) electrons. The van der Waals surface area contributed by atoms with Gasteiger partial charge in [-0.05, 0) is 49.2 Å². The molecule has 0 saturated heterocycles. The highest BCUT2D eigenvalue weighted by atomic mass is 32.2. The highest BCUT2D eigenvalue weighted by molar-refractivity contribution is 7.98. The molecule has 102 valence electrons. The van der Waals surface area contributed by atoms with Crippen LogP contribution >= 0.6 is 11.8 Å². The fourth-order valence-corrected chi connectivity index (χ4v) is 2.90. The van der Waals surface area contributed by atoms with Gasteiger partial charge in [0.05, 0.1) is 11.6 Å². The molecule has 2 rings (SSSR count). The van der Waals surface area contributed by atoms with E-state index in [0.29, 0.717) is 6.54 Å². The minimum absolute atomic E-state index is 0.394. The molecule has 2 N–H and O–H groups in total. The van der Waals surface area contributed by atoms with Gasteiger partial charge < -0.3 is 5.73 Å². The second-order valence-corrected chi connectivity index (χ2v) is 5.61. The summed E-state index contributed by atoms with van der Waals surface area (Å²) in [5.41, 5.74) is 9.97. The fourth-order valence-electron chi connectivity index (χ4n) is 1.93. The maximum absolute atomic E-state index is 5.39. The van der Waals surface area contributed by atoms with E-state index in [9.17, 15) is 0 Å². The van der Waals surface area contributed by atoms with Crippen LogP contribution in [0.3, 0.4) is 0 Å². The van der Waals surface area contributed by atoms with Crippen molar-refractivity contribution in [2.75, 3.05) is 6.54 Å². The third-order valence-electron chi connectivity index (χ3n) is 2.72. The van der Waals surface area contributed by atoms with Gasteiger partial charge in [0.25, 0.3) is 0 Å². The predicted octanol–water partition coefficient (Wildman–Crippen LogP) is 3.30. The number of nitrogens with two attached hydrogens (primary N) is 1. The highest BCUT2D eigenvalue weighted by Crippen LogP contribution is 2.22. The monoisotopic (exact) mass is 282 g/mol. The lowest BCUT2D eigenvalue weighted by Gasteiger charge is -2.04. The van der Waals surface area contributed by atoms with Crippen molar-refractivity contribution < 1.29 is 0 Å². The number of rotatable bonds is 3. The number of hydrogen-bond donors (Lipinski definition) is 1. The highest BCUT2D eigenvalue weighted by Gasteiger charge is 2.00. The Morgan fingerprint density at radius 2 is 2.05 bits per heavy atom. The smallest absolute Gasteiger partial charge is 0.0968 e. The van der Waals surface area contributed by atoms with Crippen LogP contribution in [0.25, 0.3) is 0 Å². The molecule has 0 bridgehead atoms. The summed E-state index contributed by atoms with van der Waals surface area (Å²) in [5, 5.41) is 1.07. The minimum Gasteiger partial charge on any atom is -0.320 e. The number of nitrogens with zero attached hydrogens (tertiary/aromatic N) is 1. The molecule has 0 amide bonds. The van der Waals surface area contributed by atoms with Gasteiger partial charge in [0.2, 0.25) is 0 Å². The molecule has 2 nitrogen and oxygen atoms in total. The first kappa shape index (κ1) is 14.6. The largest absolute Gasteiger partial charge is 0.320 e. The zero-order chi connectivity index (χ0) is 14.4. The molecule has 0 unspecified atom stereocenters. The van der Waals surface area contributed by atoms with Crippen LogP contribution in [0.15, 0.2) is 41.4 Å². The number of aryl methyl sites for hydroxylation is 2. The fraction of sp³-hybridized carbons (Fsp3) is 0.235. The van der Waals surface area contributed by atoms with Crippen molar-refractivity contribution in [3.63, 3.8) is 0 Å². The Morgan fingerprint density at radius 1 is 1.20 bits per heavy atom. The maximum Gasteiger partial charge on any atom is 0.0968 e. The Labute approximate surface area is 124 Å². The van der Waals surface area contributed by atoms with Gasteiger partial charge in [-0.3, -0.25) is 0 Å². The molecule has 0 aliphatic rings. The number of pyridine rings is 1. The molecule has 3 heteroatoms. The lowest BCUT2D eigenvalue weighted by molar-refractivity contribution is 1.05. The molecule has 1 aromatic carbocycles. The molecule has 1 heterocycles. The Bertz CT molecular complexity index is 633. The van der Waals surface area contributed by atoms with Gasteiger partial charge in [-0.25, -0.2) is 4.98 Å². The Kier molecular flexibility index (Phi) is 5.23. The molecular weight excluding hydrogens is 264 g/mol. The lowest BCUT2D eigenvalue weighted by Crippen LogP contribution is -1.93. The van der Waals surface area contributed by atoms with Crippen molar-refractivity contribution in [1.29, 1.82) is 0 Å². The molecule has 1 aromatic heterocycles. The summed E-state index contributed by atoms with van der Waals surface area (Å²) in [6.45, 7) is 4.52. The summed E-state index contributed by atoms with van der Waals surface area (Å²) in [6, 6.07) is 12.5. The van der Waals surface area contributed by atoms with Crippen molar-refractivity contribution in [2.24, 2.45) is 5.73 Å². The summed E-state index contributed by atoms with van der Waals surface area (Å²) in [4.78, 5) is 4.54. The first-order valence-corrected chi connectivity index (χ1v) is 7.52. The number of hydrogen-bond acceptors (Lipinski definition) is 3. The first-order chi connectivity index (χ1) is 9.67. The maximum atomic E-state index is 5.39. The van der Waals surface area contributed by atoms with E-state index in [-0.39, 0.29) is 0 Å². The van der Waals surface area contributed by atoms with Crippen LogP contribution in [0.1, 0.15) is 22.4 Å². The molecule has 0 atom stereocenters. The van der Waals surface area contributed by atoms with Crippen LogP contribution in [-0.4, -0.2) is 11.5 Å². The summed E-state index contributed by atoms with van der Waals surface area (Å²) in [6.07, 6.45) is 0. The van der Waals surface area contributed by atoms with Crippen LogP contribution in [0, 0.1) is 25.7 Å². The van der Waals surface area contributed by atoms with Gasteiger partial charge in [0.1, 0.15) is 0 Å². The summed E-state index contributed by atoms with van der Waals surface area (Å²) in [7, 11) is 0. The van der Waals surface area contributed by atoms with Gasteiger partial charge in [0.15, 0.2) is 0 Å². The molecule has 20 heavy (non-hydrogen) atoms. The van der Waals surface area contributed by atoms with Crippen molar-refractivity contribution in [2.45, 2.75) is 24.6 Å². The average molecular weight is 282 g/mol. The van der Waals surface area contributed by atoms with Crippen molar-refractivity contribution in [3.05, 3.63) is 58.8 Å². The van der Waals surface area contributed by atoms with Crippen LogP contribution < -0.4 is 5.73 Å². The SMILES string of the molecule is Cc1cc(C)nc(SCc2cccc(C#CCN)c2)c1. The summed E-state index contributed by atoms with van der Waals surface area (Å²) < 4.78 is 0. The zero-order valence-electron chi connectivity index (χ0n) is 11.8. The van der Waals surface area contributed by atoms with Crippen molar-refractivity contribution in [3.8, 4) is 11.8 Å². The van der Waals surface area contributed by atoms with E-state index in [1.807, 2.05) is 19.1 Å². The standard InChI is InChI=1S/C17H18N2S/c1-13-9-14(2)19-17(10-13)20-12-16-6-3-5-15(11-16)7-4-8-18/h3,5-6,9-11H,8,12,18H2,1-2H3. The first-order valence-electron chi connectivity index (χ1n) is 6.53. The molecule has 0 saturated carbocycles. The van der Waals surface area contributed by atoms with E-state index in [0.717, 1.165) is 22.0 Å². The van der Waals surface area contributed by atoms with Gasteiger partial charge in [-0.15, -0.1) is 11.8 Å². The van der Waals surface area contributed by atoms with Gasteiger partial charge >= 0.3 is 0 Å². The van der Waals surface area contributed by atoms with Crippen molar-refractivity contribution >= 4 is 11.8 Å². The molecule has 0 aliphatic carbocycles. The van der Waals surface area contributed by atoms with E-state index in [2.05, 4.69) is 48.0 Å². The third kappa shape index (κ3) is 4.41. The number of aromatic nitrogens is 1. The number of benzene rings is 1. The Hall–Kier alpha value is -1.76. The van der Waals surface area contributed by atoms with Crippen LogP contribution in [0.2, 0.25) is 0 Å². The summed E-state index contributed by atoms with van der Waals surface area (Å²) in [5.74, 6) is 6.84. The van der Waals surface area contributed by atoms with E-state index < -0.39 is 0 Å². The predicted molar refractivity (Wildman–Crippen MR) is 85.6 cm³/mol. The normalized spacial score (nSPS) is 9.95. The molecular formula is C17H18N2S. The molecule has 0 fully saturated rings. The quantitative estimate of drug-likeness (QED) is 0.693. The van der Waals surface area contributed by atoms with E-state index >= 15 is 0 Å².